The summed E-state index contributed by atoms with van der Waals surface area (Å²) in [4.78, 5) is 10.4. The Morgan fingerprint density at radius 3 is 1.84 bits per heavy atom. The van der Waals surface area contributed by atoms with Crippen LogP contribution in [-0.4, -0.2) is 14.5 Å². The molecular weight excluding hydrogens is 705 g/mol. The first-order valence-electron chi connectivity index (χ1n) is 19.6. The number of hydrogen-bond donors (Lipinski definition) is 0. The molecule has 0 saturated carbocycles. The third-order valence-corrected chi connectivity index (χ3v) is 11.7. The van der Waals surface area contributed by atoms with Crippen molar-refractivity contribution in [3.63, 3.8) is 0 Å². The van der Waals surface area contributed by atoms with E-state index in [-0.39, 0.29) is 0 Å². The molecule has 0 aliphatic heterocycles. The lowest BCUT2D eigenvalue weighted by atomic mass is 9.67. The quantitative estimate of drug-likeness (QED) is 0.171. The molecule has 1 aliphatic carbocycles. The van der Waals surface area contributed by atoms with E-state index in [9.17, 15) is 5.26 Å². The lowest BCUT2D eigenvalue weighted by Crippen LogP contribution is -2.29. The first kappa shape index (κ1) is 33.5. The maximum Gasteiger partial charge on any atom is 0.160 e. The first-order valence-corrected chi connectivity index (χ1v) is 19.6. The molecule has 0 saturated heterocycles. The second-order valence-corrected chi connectivity index (χ2v) is 14.8. The minimum Gasteiger partial charge on any atom is -0.309 e. The molecule has 4 heteroatoms. The van der Waals surface area contributed by atoms with Crippen LogP contribution in [0.5, 0.6) is 0 Å². The number of benzene rings is 8. The van der Waals surface area contributed by atoms with E-state index in [1.165, 1.54) is 49.7 Å². The molecule has 270 valence electrons. The molecule has 2 aromatic heterocycles. The maximum atomic E-state index is 9.73. The molecule has 58 heavy (non-hydrogen) atoms. The largest absolute Gasteiger partial charge is 0.309 e. The van der Waals surface area contributed by atoms with Gasteiger partial charge < -0.3 is 4.57 Å². The van der Waals surface area contributed by atoms with Gasteiger partial charge in [0.05, 0.1) is 39.5 Å². The van der Waals surface area contributed by atoms with Gasteiger partial charge in [0.2, 0.25) is 0 Å². The van der Waals surface area contributed by atoms with Crippen LogP contribution in [0.15, 0.2) is 206 Å². The average molecular weight is 739 g/mol. The molecule has 0 unspecified atom stereocenters. The van der Waals surface area contributed by atoms with E-state index in [4.69, 9.17) is 9.97 Å². The molecule has 0 N–H and O–H groups in total. The van der Waals surface area contributed by atoms with Crippen molar-refractivity contribution >= 4 is 21.8 Å². The summed E-state index contributed by atoms with van der Waals surface area (Å²) in [5.41, 5.74) is 15.1. The Morgan fingerprint density at radius 2 is 1.09 bits per heavy atom. The minimum atomic E-state index is -0.586. The van der Waals surface area contributed by atoms with Gasteiger partial charge in [-0.25, -0.2) is 9.97 Å². The minimum absolute atomic E-state index is 0.586. The summed E-state index contributed by atoms with van der Waals surface area (Å²) in [7, 11) is 0. The highest BCUT2D eigenvalue weighted by Gasteiger charge is 2.48. The van der Waals surface area contributed by atoms with Gasteiger partial charge in [-0.05, 0) is 64.2 Å². The zero-order chi connectivity index (χ0) is 38.6. The number of rotatable bonds is 6. The van der Waals surface area contributed by atoms with Crippen LogP contribution in [0.25, 0.3) is 72.5 Å². The standard InChI is InChI=1S/C54H34N4/c55-35-36-16-14-19-38(32-36)49-34-48(37-17-4-1-5-18-37)56-53(57-49)39-20-15-25-42(33-39)58-50-29-13-11-27-44(50)46-31-30-45-43-26-10-12-28-47(43)54(51(45)52(46)58,40-21-6-2-7-22-40)41-23-8-3-9-24-41/h1-34H. The SMILES string of the molecule is N#Cc1cccc(-c2cc(-c3ccccc3)nc(-c3cccc(-n4c5ccccc5c5ccc6c(c54)C(c4ccccc4)(c4ccccc4)c4ccccc4-6)c3)n2)c1. The van der Waals surface area contributed by atoms with Crippen LogP contribution in [0.4, 0.5) is 0 Å². The van der Waals surface area contributed by atoms with Crippen molar-refractivity contribution < 1.29 is 0 Å². The van der Waals surface area contributed by atoms with Crippen molar-refractivity contribution in [2.75, 3.05) is 0 Å². The van der Waals surface area contributed by atoms with Crippen molar-refractivity contribution in [1.82, 2.24) is 14.5 Å². The van der Waals surface area contributed by atoms with E-state index in [1.807, 2.05) is 48.5 Å². The van der Waals surface area contributed by atoms with Gasteiger partial charge in [-0.3, -0.25) is 0 Å². The summed E-state index contributed by atoms with van der Waals surface area (Å²) < 4.78 is 2.46. The Bertz CT molecular complexity index is 3190. The van der Waals surface area contributed by atoms with Gasteiger partial charge in [0.1, 0.15) is 0 Å². The van der Waals surface area contributed by atoms with Crippen LogP contribution >= 0.6 is 0 Å². The third-order valence-electron chi connectivity index (χ3n) is 11.7. The molecule has 10 aromatic rings. The molecule has 8 aromatic carbocycles. The van der Waals surface area contributed by atoms with E-state index < -0.39 is 5.41 Å². The number of nitriles is 1. The van der Waals surface area contributed by atoms with E-state index in [1.54, 1.807) is 0 Å². The molecular formula is C54H34N4. The molecule has 11 rings (SSSR count). The Morgan fingerprint density at radius 1 is 0.466 bits per heavy atom. The second kappa shape index (κ2) is 13.4. The van der Waals surface area contributed by atoms with Gasteiger partial charge in [0.25, 0.3) is 0 Å². The highest BCUT2D eigenvalue weighted by atomic mass is 15.0. The number of nitrogens with zero attached hydrogens (tertiary/aromatic N) is 4. The molecule has 1 aliphatic rings. The lowest BCUT2D eigenvalue weighted by Gasteiger charge is -2.34. The molecule has 0 bridgehead atoms. The first-order chi connectivity index (χ1) is 28.7. The predicted molar refractivity (Wildman–Crippen MR) is 235 cm³/mol. The zero-order valence-corrected chi connectivity index (χ0v) is 31.4. The van der Waals surface area contributed by atoms with Crippen LogP contribution in [0, 0.1) is 11.3 Å². The molecule has 2 heterocycles. The zero-order valence-electron chi connectivity index (χ0n) is 31.4. The van der Waals surface area contributed by atoms with Crippen LogP contribution in [0.2, 0.25) is 0 Å². The van der Waals surface area contributed by atoms with Crippen molar-refractivity contribution in [1.29, 1.82) is 5.26 Å². The Hall–Kier alpha value is -7.87. The molecule has 0 radical (unpaired) electrons. The molecule has 0 spiro atoms. The van der Waals surface area contributed by atoms with Gasteiger partial charge in [-0.15, -0.1) is 0 Å². The highest BCUT2D eigenvalue weighted by molar-refractivity contribution is 6.14. The maximum absolute atomic E-state index is 9.73. The summed E-state index contributed by atoms with van der Waals surface area (Å²) >= 11 is 0. The van der Waals surface area contributed by atoms with Gasteiger partial charge in [0.15, 0.2) is 5.82 Å². The number of fused-ring (bicyclic) bond motifs is 7. The Labute approximate surface area is 336 Å². The monoisotopic (exact) mass is 738 g/mol. The fourth-order valence-corrected chi connectivity index (χ4v) is 9.27. The Balaban J connectivity index is 1.21. The number of hydrogen-bond acceptors (Lipinski definition) is 3. The fraction of sp³-hybridized carbons (Fsp3) is 0.0185. The molecule has 0 atom stereocenters. The normalized spacial score (nSPS) is 12.6. The van der Waals surface area contributed by atoms with E-state index in [0.717, 1.165) is 39.3 Å². The second-order valence-electron chi connectivity index (χ2n) is 14.8. The average Bonchev–Trinajstić information content (AvgIpc) is 3.81. The van der Waals surface area contributed by atoms with Gasteiger partial charge in [0, 0.05) is 38.7 Å². The summed E-state index contributed by atoms with van der Waals surface area (Å²) in [6, 6.07) is 75.0. The van der Waals surface area contributed by atoms with Crippen molar-refractivity contribution in [3.8, 4) is 56.8 Å². The Kier molecular flexibility index (Phi) is 7.74. The van der Waals surface area contributed by atoms with Gasteiger partial charge >= 0.3 is 0 Å². The fourth-order valence-electron chi connectivity index (χ4n) is 9.27. The highest BCUT2D eigenvalue weighted by Crippen LogP contribution is 2.59. The topological polar surface area (TPSA) is 54.5 Å². The summed E-state index contributed by atoms with van der Waals surface area (Å²) in [6.45, 7) is 0. The lowest BCUT2D eigenvalue weighted by molar-refractivity contribution is 0.772. The van der Waals surface area contributed by atoms with Crippen molar-refractivity contribution in [2.45, 2.75) is 5.41 Å². The van der Waals surface area contributed by atoms with Gasteiger partial charge in [-0.1, -0.05) is 170 Å². The van der Waals surface area contributed by atoms with E-state index in [2.05, 4.69) is 168 Å². The summed E-state index contributed by atoms with van der Waals surface area (Å²) in [5, 5.41) is 12.1. The van der Waals surface area contributed by atoms with Crippen LogP contribution in [0.3, 0.4) is 0 Å². The van der Waals surface area contributed by atoms with Crippen LogP contribution < -0.4 is 0 Å². The smallest absolute Gasteiger partial charge is 0.160 e. The van der Waals surface area contributed by atoms with Crippen molar-refractivity contribution in [3.05, 3.63) is 234 Å². The predicted octanol–water partition coefficient (Wildman–Crippen LogP) is 12.8. The summed E-state index contributed by atoms with van der Waals surface area (Å²) in [5.74, 6) is 0.613. The molecule has 4 nitrogen and oxygen atoms in total. The van der Waals surface area contributed by atoms with E-state index in [0.29, 0.717) is 11.4 Å². The number of aromatic nitrogens is 3. The van der Waals surface area contributed by atoms with Gasteiger partial charge in [-0.2, -0.15) is 5.26 Å². The van der Waals surface area contributed by atoms with E-state index >= 15 is 0 Å². The number of para-hydroxylation sites is 1. The third kappa shape index (κ3) is 5.08. The van der Waals surface area contributed by atoms with Crippen molar-refractivity contribution in [2.24, 2.45) is 0 Å². The molecule has 0 amide bonds. The van der Waals surface area contributed by atoms with Crippen LogP contribution in [0.1, 0.15) is 27.8 Å². The molecule has 0 fully saturated rings. The summed E-state index contributed by atoms with van der Waals surface area (Å²) in [6.07, 6.45) is 0. The van der Waals surface area contributed by atoms with Crippen LogP contribution in [-0.2, 0) is 5.41 Å².